The normalized spacial score (nSPS) is 11.7. The number of nitrogens with two attached hydrogens (primary N) is 1. The quantitative estimate of drug-likeness (QED) is 0.768. The van der Waals surface area contributed by atoms with Crippen LogP contribution in [0.3, 0.4) is 0 Å². The molecule has 4 heteroatoms. The summed E-state index contributed by atoms with van der Waals surface area (Å²) in [6.07, 6.45) is 1.87. The Hall–Kier alpha value is -1.84. The molecule has 0 fully saturated rings. The van der Waals surface area contributed by atoms with E-state index in [0.29, 0.717) is 5.82 Å². The highest BCUT2D eigenvalue weighted by Gasteiger charge is 2.19. The van der Waals surface area contributed by atoms with Crippen LogP contribution in [-0.2, 0) is 5.41 Å². The summed E-state index contributed by atoms with van der Waals surface area (Å²) in [5, 5.41) is 0. The van der Waals surface area contributed by atoms with Gasteiger partial charge in [-0.05, 0) is 12.1 Å². The molecule has 0 saturated heterocycles. The van der Waals surface area contributed by atoms with Crippen LogP contribution in [0.25, 0.3) is 11.4 Å². The molecule has 0 aromatic carbocycles. The van der Waals surface area contributed by atoms with Crippen LogP contribution in [-0.4, -0.2) is 15.0 Å². The van der Waals surface area contributed by atoms with Crippen molar-refractivity contribution in [2.75, 3.05) is 5.73 Å². The van der Waals surface area contributed by atoms with E-state index in [9.17, 15) is 0 Å². The Labute approximate surface area is 94.9 Å². The first-order valence-corrected chi connectivity index (χ1v) is 5.25. The minimum Gasteiger partial charge on any atom is -0.384 e. The Balaban J connectivity index is 2.53. The van der Waals surface area contributed by atoms with Crippen LogP contribution >= 0.6 is 0 Å². The molecule has 0 spiro atoms. The highest BCUT2D eigenvalue weighted by atomic mass is 15.0. The van der Waals surface area contributed by atoms with E-state index in [1.54, 1.807) is 6.07 Å². The maximum Gasteiger partial charge on any atom is 0.136 e. The third kappa shape index (κ3) is 2.05. The topological polar surface area (TPSA) is 67.6 Å². The van der Waals surface area contributed by atoms with Crippen LogP contribution in [0, 0.1) is 0 Å². The van der Waals surface area contributed by atoms with Crippen molar-refractivity contribution in [2.45, 2.75) is 26.2 Å². The number of nitrogens with one attached hydrogen (secondary N) is 1. The number of aromatic amines is 1. The molecule has 3 N–H and O–H groups in total. The summed E-state index contributed by atoms with van der Waals surface area (Å²) in [7, 11) is 0. The zero-order chi connectivity index (χ0) is 11.8. The van der Waals surface area contributed by atoms with Crippen LogP contribution in [0.1, 0.15) is 26.6 Å². The molecular formula is C12H16N4. The highest BCUT2D eigenvalue weighted by molar-refractivity contribution is 5.57. The first-order valence-electron chi connectivity index (χ1n) is 5.25. The van der Waals surface area contributed by atoms with E-state index in [-0.39, 0.29) is 5.41 Å². The van der Waals surface area contributed by atoms with E-state index in [1.807, 2.05) is 18.3 Å². The average molecular weight is 216 g/mol. The maximum absolute atomic E-state index is 5.80. The maximum atomic E-state index is 5.80. The summed E-state index contributed by atoms with van der Waals surface area (Å²) in [5.41, 5.74) is 7.49. The van der Waals surface area contributed by atoms with E-state index in [4.69, 9.17) is 5.73 Å². The van der Waals surface area contributed by atoms with Crippen molar-refractivity contribution in [3.05, 3.63) is 30.2 Å². The smallest absolute Gasteiger partial charge is 0.136 e. The molecule has 0 bridgehead atoms. The molecule has 2 aromatic heterocycles. The molecule has 0 unspecified atom stereocenters. The molecule has 4 nitrogen and oxygen atoms in total. The molecule has 0 amide bonds. The molecule has 0 radical (unpaired) electrons. The van der Waals surface area contributed by atoms with Crippen LogP contribution in [0.4, 0.5) is 5.82 Å². The number of hydrogen-bond donors (Lipinski definition) is 2. The number of nitrogen functional groups attached to an aromatic ring is 1. The van der Waals surface area contributed by atoms with Gasteiger partial charge in [0.15, 0.2) is 0 Å². The molecule has 2 heterocycles. The van der Waals surface area contributed by atoms with Gasteiger partial charge in [-0.15, -0.1) is 0 Å². The van der Waals surface area contributed by atoms with Crippen LogP contribution < -0.4 is 5.73 Å². The van der Waals surface area contributed by atoms with E-state index >= 15 is 0 Å². The number of nitrogens with zero attached hydrogens (tertiary/aromatic N) is 2. The predicted octanol–water partition coefficient (Wildman–Crippen LogP) is 2.35. The monoisotopic (exact) mass is 216 g/mol. The minimum absolute atomic E-state index is 0.100. The minimum atomic E-state index is -0.100. The van der Waals surface area contributed by atoms with Crippen molar-refractivity contribution in [1.29, 1.82) is 0 Å². The summed E-state index contributed by atoms with van der Waals surface area (Å²) in [6, 6.07) is 5.68. The lowest BCUT2D eigenvalue weighted by molar-refractivity contribution is 0.547. The fraction of sp³-hybridized carbons (Fsp3) is 0.333. The van der Waals surface area contributed by atoms with Gasteiger partial charge in [-0.3, -0.25) is 0 Å². The molecule has 2 aromatic rings. The van der Waals surface area contributed by atoms with Gasteiger partial charge in [0.05, 0.1) is 11.4 Å². The zero-order valence-electron chi connectivity index (χ0n) is 9.78. The first-order chi connectivity index (χ1) is 7.47. The fourth-order valence-electron chi connectivity index (χ4n) is 1.43. The van der Waals surface area contributed by atoms with Gasteiger partial charge in [-0.25, -0.2) is 9.97 Å². The van der Waals surface area contributed by atoms with Crippen LogP contribution in [0.5, 0.6) is 0 Å². The number of H-pyrrole nitrogens is 1. The van der Waals surface area contributed by atoms with Gasteiger partial charge in [0.2, 0.25) is 0 Å². The van der Waals surface area contributed by atoms with Gasteiger partial charge in [0.25, 0.3) is 0 Å². The lowest BCUT2D eigenvalue weighted by Gasteiger charge is -2.17. The van der Waals surface area contributed by atoms with E-state index in [2.05, 4.69) is 35.7 Å². The lowest BCUT2D eigenvalue weighted by atomic mass is 9.95. The lowest BCUT2D eigenvalue weighted by Crippen LogP contribution is -2.17. The zero-order valence-corrected chi connectivity index (χ0v) is 9.78. The Morgan fingerprint density at radius 2 is 2.00 bits per heavy atom. The third-order valence-electron chi connectivity index (χ3n) is 2.29. The highest BCUT2D eigenvalue weighted by Crippen LogP contribution is 2.23. The molecule has 0 aliphatic carbocycles. The number of aromatic nitrogens is 3. The summed E-state index contributed by atoms with van der Waals surface area (Å²) < 4.78 is 0. The molecule has 16 heavy (non-hydrogen) atoms. The summed E-state index contributed by atoms with van der Waals surface area (Å²) in [6.45, 7) is 6.21. The fourth-order valence-corrected chi connectivity index (χ4v) is 1.43. The molecule has 0 aliphatic heterocycles. The molecular weight excluding hydrogens is 200 g/mol. The second kappa shape index (κ2) is 3.63. The molecule has 0 saturated carbocycles. The Kier molecular flexibility index (Phi) is 2.42. The van der Waals surface area contributed by atoms with Gasteiger partial charge in [0, 0.05) is 17.7 Å². The Morgan fingerprint density at radius 1 is 1.25 bits per heavy atom. The predicted molar refractivity (Wildman–Crippen MR) is 64.9 cm³/mol. The largest absolute Gasteiger partial charge is 0.384 e. The third-order valence-corrected chi connectivity index (χ3v) is 2.29. The summed E-state index contributed by atoms with van der Waals surface area (Å²) in [5.74, 6) is 1.27. The molecule has 84 valence electrons. The van der Waals surface area contributed by atoms with Crippen molar-refractivity contribution in [1.82, 2.24) is 15.0 Å². The first kappa shape index (κ1) is 10.7. The standard InChI is InChI=1S/C12H16N4/c1-12(2,3)11-15-9(7-10(13)16-11)8-5-4-6-14-8/h4-7,14H,1-3H3,(H2,13,15,16). The van der Waals surface area contributed by atoms with E-state index in [0.717, 1.165) is 17.2 Å². The van der Waals surface area contributed by atoms with Crippen molar-refractivity contribution in [3.63, 3.8) is 0 Å². The summed E-state index contributed by atoms with van der Waals surface area (Å²) in [4.78, 5) is 11.9. The molecule has 0 atom stereocenters. The molecule has 0 aliphatic rings. The van der Waals surface area contributed by atoms with Crippen molar-refractivity contribution in [3.8, 4) is 11.4 Å². The number of anilines is 1. The van der Waals surface area contributed by atoms with Gasteiger partial charge in [0.1, 0.15) is 11.6 Å². The van der Waals surface area contributed by atoms with E-state index in [1.165, 1.54) is 0 Å². The van der Waals surface area contributed by atoms with Crippen molar-refractivity contribution in [2.24, 2.45) is 0 Å². The van der Waals surface area contributed by atoms with Crippen molar-refractivity contribution < 1.29 is 0 Å². The van der Waals surface area contributed by atoms with Crippen molar-refractivity contribution >= 4 is 5.82 Å². The van der Waals surface area contributed by atoms with Gasteiger partial charge in [-0.2, -0.15) is 0 Å². The average Bonchev–Trinajstić information content (AvgIpc) is 2.68. The van der Waals surface area contributed by atoms with E-state index < -0.39 is 0 Å². The Morgan fingerprint density at radius 3 is 2.56 bits per heavy atom. The van der Waals surface area contributed by atoms with Crippen LogP contribution in [0.2, 0.25) is 0 Å². The van der Waals surface area contributed by atoms with Crippen LogP contribution in [0.15, 0.2) is 24.4 Å². The number of rotatable bonds is 1. The van der Waals surface area contributed by atoms with Gasteiger partial charge < -0.3 is 10.7 Å². The van der Waals surface area contributed by atoms with Gasteiger partial charge >= 0.3 is 0 Å². The second-order valence-corrected chi connectivity index (χ2v) is 4.84. The summed E-state index contributed by atoms with van der Waals surface area (Å²) >= 11 is 0. The Bertz CT molecular complexity index is 480. The molecule has 2 rings (SSSR count). The second-order valence-electron chi connectivity index (χ2n) is 4.84. The van der Waals surface area contributed by atoms with Gasteiger partial charge in [-0.1, -0.05) is 20.8 Å². The SMILES string of the molecule is CC(C)(C)c1nc(N)cc(-c2ccc[nH]2)n1. The number of hydrogen-bond acceptors (Lipinski definition) is 3.